The quantitative estimate of drug-likeness (QED) is 0.780. The Morgan fingerprint density at radius 1 is 1.48 bits per heavy atom. The molecule has 1 aliphatic carbocycles. The molecule has 1 saturated carbocycles. The van der Waals surface area contributed by atoms with Crippen LogP contribution in [0.2, 0.25) is 0 Å². The SMILES string of the molecule is CCC1(CNS(=O)(=O)c2cccnc2C(N)=S)CCCC1. The molecule has 1 aromatic rings. The van der Waals surface area contributed by atoms with Crippen LogP contribution in [0.5, 0.6) is 0 Å². The third kappa shape index (κ3) is 3.59. The van der Waals surface area contributed by atoms with Crippen LogP contribution in [0, 0.1) is 5.41 Å². The van der Waals surface area contributed by atoms with E-state index in [9.17, 15) is 8.42 Å². The molecule has 1 fully saturated rings. The summed E-state index contributed by atoms with van der Waals surface area (Å²) >= 11 is 4.88. The van der Waals surface area contributed by atoms with Crippen molar-refractivity contribution >= 4 is 27.2 Å². The van der Waals surface area contributed by atoms with Gasteiger partial charge in [0.2, 0.25) is 10.0 Å². The van der Waals surface area contributed by atoms with Crippen LogP contribution < -0.4 is 10.5 Å². The Morgan fingerprint density at radius 3 is 2.71 bits per heavy atom. The summed E-state index contributed by atoms with van der Waals surface area (Å²) in [4.78, 5) is 4.02. The molecule has 1 heterocycles. The van der Waals surface area contributed by atoms with Crippen LogP contribution in [-0.2, 0) is 10.0 Å². The van der Waals surface area contributed by atoms with Crippen LogP contribution in [0.1, 0.15) is 44.7 Å². The van der Waals surface area contributed by atoms with E-state index in [1.165, 1.54) is 25.1 Å². The lowest BCUT2D eigenvalue weighted by atomic mass is 9.84. The first-order valence-electron chi connectivity index (χ1n) is 7.15. The molecule has 1 aliphatic rings. The number of sulfonamides is 1. The molecule has 0 spiro atoms. The molecule has 116 valence electrons. The van der Waals surface area contributed by atoms with E-state index >= 15 is 0 Å². The average molecular weight is 327 g/mol. The standard InChI is InChI=1S/C14H21N3O2S2/c1-2-14(7-3-4-8-14)10-17-21(18,19)11-6-5-9-16-12(11)13(15)20/h5-6,9,17H,2-4,7-8,10H2,1H3,(H2,15,20). The number of nitrogens with zero attached hydrogens (tertiary/aromatic N) is 1. The van der Waals surface area contributed by atoms with Crippen LogP contribution in [0.4, 0.5) is 0 Å². The summed E-state index contributed by atoms with van der Waals surface area (Å²) in [7, 11) is -3.65. The Balaban J connectivity index is 2.21. The van der Waals surface area contributed by atoms with E-state index < -0.39 is 10.0 Å². The van der Waals surface area contributed by atoms with Crippen LogP contribution in [0.15, 0.2) is 23.2 Å². The van der Waals surface area contributed by atoms with Gasteiger partial charge in [-0.15, -0.1) is 0 Å². The maximum atomic E-state index is 12.5. The highest BCUT2D eigenvalue weighted by molar-refractivity contribution is 7.89. The first-order chi connectivity index (χ1) is 9.90. The zero-order valence-corrected chi connectivity index (χ0v) is 13.8. The zero-order chi connectivity index (χ0) is 15.5. The van der Waals surface area contributed by atoms with Crippen LogP contribution in [0.3, 0.4) is 0 Å². The topological polar surface area (TPSA) is 85.1 Å². The van der Waals surface area contributed by atoms with Gasteiger partial charge in [0.05, 0.1) is 0 Å². The maximum absolute atomic E-state index is 12.5. The van der Waals surface area contributed by atoms with E-state index in [0.717, 1.165) is 19.3 Å². The van der Waals surface area contributed by atoms with Crippen molar-refractivity contribution in [1.82, 2.24) is 9.71 Å². The highest BCUT2D eigenvalue weighted by Crippen LogP contribution is 2.40. The van der Waals surface area contributed by atoms with Gasteiger partial charge in [0, 0.05) is 12.7 Å². The van der Waals surface area contributed by atoms with Gasteiger partial charge >= 0.3 is 0 Å². The molecule has 0 radical (unpaired) electrons. The molecular formula is C14H21N3O2S2. The minimum Gasteiger partial charge on any atom is -0.388 e. The molecule has 0 amide bonds. The molecule has 0 aliphatic heterocycles. The van der Waals surface area contributed by atoms with Gasteiger partial charge in [-0.25, -0.2) is 13.1 Å². The molecule has 0 saturated heterocycles. The lowest BCUT2D eigenvalue weighted by Gasteiger charge is -2.27. The van der Waals surface area contributed by atoms with Gasteiger partial charge in [0.15, 0.2) is 0 Å². The van der Waals surface area contributed by atoms with Gasteiger partial charge < -0.3 is 5.73 Å². The van der Waals surface area contributed by atoms with E-state index in [-0.39, 0.29) is 21.0 Å². The van der Waals surface area contributed by atoms with E-state index in [1.807, 2.05) is 0 Å². The number of rotatable bonds is 6. The molecule has 0 bridgehead atoms. The predicted molar refractivity (Wildman–Crippen MR) is 86.5 cm³/mol. The largest absolute Gasteiger partial charge is 0.388 e. The lowest BCUT2D eigenvalue weighted by molar-refractivity contribution is 0.285. The summed E-state index contributed by atoms with van der Waals surface area (Å²) in [5, 5.41) is 0. The van der Waals surface area contributed by atoms with Crippen molar-refractivity contribution in [2.75, 3.05) is 6.54 Å². The second-order valence-corrected chi connectivity index (χ2v) is 7.77. The first-order valence-corrected chi connectivity index (χ1v) is 9.04. The fourth-order valence-electron chi connectivity index (χ4n) is 2.90. The third-order valence-corrected chi connectivity index (χ3v) is 5.97. The molecule has 0 atom stereocenters. The Kier molecular flexibility index (Phi) is 4.95. The van der Waals surface area contributed by atoms with Crippen molar-refractivity contribution < 1.29 is 8.42 Å². The minimum absolute atomic E-state index is 0.0120. The molecule has 0 aromatic carbocycles. The summed E-state index contributed by atoms with van der Waals surface area (Å²) in [6.45, 7) is 2.57. The number of nitrogens with two attached hydrogens (primary N) is 1. The van der Waals surface area contributed by atoms with Gasteiger partial charge in [-0.05, 0) is 36.8 Å². The lowest BCUT2D eigenvalue weighted by Crippen LogP contribution is -2.36. The van der Waals surface area contributed by atoms with Crippen molar-refractivity contribution in [2.45, 2.75) is 43.9 Å². The average Bonchev–Trinajstić information content (AvgIpc) is 2.95. The van der Waals surface area contributed by atoms with Crippen molar-refractivity contribution in [1.29, 1.82) is 0 Å². The van der Waals surface area contributed by atoms with Crippen LogP contribution in [-0.4, -0.2) is 24.9 Å². The number of nitrogens with one attached hydrogen (secondary N) is 1. The molecule has 0 unspecified atom stereocenters. The van der Waals surface area contributed by atoms with Gasteiger partial charge in [0.25, 0.3) is 0 Å². The van der Waals surface area contributed by atoms with Crippen molar-refractivity contribution in [3.05, 3.63) is 24.0 Å². The van der Waals surface area contributed by atoms with Gasteiger partial charge in [0.1, 0.15) is 15.6 Å². The zero-order valence-electron chi connectivity index (χ0n) is 12.1. The molecular weight excluding hydrogens is 306 g/mol. The van der Waals surface area contributed by atoms with E-state index in [0.29, 0.717) is 6.54 Å². The first kappa shape index (κ1) is 16.3. The highest BCUT2D eigenvalue weighted by atomic mass is 32.2. The number of pyridine rings is 1. The third-order valence-electron chi connectivity index (χ3n) is 4.35. The highest BCUT2D eigenvalue weighted by Gasteiger charge is 2.33. The Hall–Kier alpha value is -1.05. The molecule has 1 aromatic heterocycles. The summed E-state index contributed by atoms with van der Waals surface area (Å²) in [5.41, 5.74) is 5.79. The van der Waals surface area contributed by atoms with Gasteiger partial charge in [-0.2, -0.15) is 0 Å². The molecule has 2 rings (SSSR count). The predicted octanol–water partition coefficient (Wildman–Crippen LogP) is 1.96. The Morgan fingerprint density at radius 2 is 2.14 bits per heavy atom. The van der Waals surface area contributed by atoms with Crippen LogP contribution >= 0.6 is 12.2 Å². The van der Waals surface area contributed by atoms with Gasteiger partial charge in [-0.1, -0.05) is 32.0 Å². The number of hydrogen-bond acceptors (Lipinski definition) is 4. The summed E-state index contributed by atoms with van der Waals surface area (Å²) in [5.74, 6) is 0. The maximum Gasteiger partial charge on any atom is 0.242 e. The fourth-order valence-corrected chi connectivity index (χ4v) is 4.45. The second-order valence-electron chi connectivity index (χ2n) is 5.60. The van der Waals surface area contributed by atoms with Gasteiger partial charge in [-0.3, -0.25) is 4.98 Å². The minimum atomic E-state index is -3.65. The second kappa shape index (κ2) is 6.37. The van der Waals surface area contributed by atoms with Crippen molar-refractivity contribution in [2.24, 2.45) is 11.1 Å². The number of hydrogen-bond donors (Lipinski definition) is 2. The molecule has 7 heteroatoms. The molecule has 5 nitrogen and oxygen atoms in total. The van der Waals surface area contributed by atoms with Crippen molar-refractivity contribution in [3.63, 3.8) is 0 Å². The van der Waals surface area contributed by atoms with Crippen LogP contribution in [0.25, 0.3) is 0 Å². The fraction of sp³-hybridized carbons (Fsp3) is 0.571. The molecule has 3 N–H and O–H groups in total. The van der Waals surface area contributed by atoms with E-state index in [4.69, 9.17) is 18.0 Å². The van der Waals surface area contributed by atoms with E-state index in [2.05, 4.69) is 16.6 Å². The summed E-state index contributed by atoms with van der Waals surface area (Å²) in [6, 6.07) is 3.05. The molecule has 21 heavy (non-hydrogen) atoms. The normalized spacial score (nSPS) is 17.8. The van der Waals surface area contributed by atoms with E-state index in [1.54, 1.807) is 6.07 Å². The smallest absolute Gasteiger partial charge is 0.242 e. The Bertz CT molecular complexity index is 623. The summed E-state index contributed by atoms with van der Waals surface area (Å²) < 4.78 is 27.7. The van der Waals surface area contributed by atoms with Crippen molar-refractivity contribution in [3.8, 4) is 0 Å². The number of thiocarbonyl (C=S) groups is 1. The Labute approximate surface area is 131 Å². The summed E-state index contributed by atoms with van der Waals surface area (Å²) in [6.07, 6.45) is 6.94. The monoisotopic (exact) mass is 327 g/mol. The number of aromatic nitrogens is 1.